The molecule has 0 N–H and O–H groups in total. The van der Waals surface area contributed by atoms with Crippen LogP contribution in [0.5, 0.6) is 17.2 Å². The molecule has 12 heteroatoms. The second kappa shape index (κ2) is 50.8. The van der Waals surface area contributed by atoms with E-state index in [9.17, 15) is 28.8 Å². The van der Waals surface area contributed by atoms with E-state index >= 15 is 0 Å². The van der Waals surface area contributed by atoms with Crippen LogP contribution in [-0.2, 0) is 14.4 Å². The molecule has 0 saturated heterocycles. The number of esters is 3. The molecule has 0 radical (unpaired) electrons. The van der Waals surface area contributed by atoms with E-state index < -0.39 is 16.9 Å². The lowest BCUT2D eigenvalue weighted by Crippen LogP contribution is -2.07. The fraction of sp³-hybridized carbons (Fsp3) is 0.610. The number of allylic oxidation sites excluding steroid dienone is 2. The van der Waals surface area contributed by atoms with E-state index in [-0.39, 0.29) is 17.9 Å². The third-order valence-corrected chi connectivity index (χ3v) is 17.6. The number of carbonyl (C=O) groups is 3. The summed E-state index contributed by atoms with van der Waals surface area (Å²) in [5, 5.41) is 2.55. The van der Waals surface area contributed by atoms with Crippen LogP contribution in [-0.4, -0.2) is 17.9 Å². The molecule has 3 aromatic heterocycles. The maximum atomic E-state index is 12.1. The molecule has 94 heavy (non-hydrogen) atoms. The molecular formula is C82H120O12. The molecule has 0 aliphatic carbocycles. The van der Waals surface area contributed by atoms with E-state index in [1.54, 1.807) is 36.4 Å². The average Bonchev–Trinajstić information content (AvgIpc) is 0.869. The Balaban J connectivity index is 0.000000300. The lowest BCUT2D eigenvalue weighted by Gasteiger charge is -2.06. The highest BCUT2D eigenvalue weighted by Crippen LogP contribution is 2.27. The third-order valence-electron chi connectivity index (χ3n) is 17.6. The first-order valence-corrected chi connectivity index (χ1v) is 37.2. The number of ether oxygens (including phenoxy) is 3. The van der Waals surface area contributed by atoms with Crippen molar-refractivity contribution >= 4 is 50.8 Å². The molecule has 12 nitrogen and oxygen atoms in total. The molecule has 0 atom stereocenters. The number of benzene rings is 3. The van der Waals surface area contributed by atoms with Gasteiger partial charge in [-0.05, 0) is 119 Å². The van der Waals surface area contributed by atoms with Gasteiger partial charge in [0.05, 0.1) is 0 Å². The van der Waals surface area contributed by atoms with Crippen LogP contribution in [0.15, 0.2) is 113 Å². The zero-order valence-corrected chi connectivity index (χ0v) is 59.1. The highest BCUT2D eigenvalue weighted by atomic mass is 16.5. The molecule has 0 amide bonds. The Morgan fingerprint density at radius 3 is 0.745 bits per heavy atom. The minimum Gasteiger partial charge on any atom is -0.426 e. The lowest BCUT2D eigenvalue weighted by atomic mass is 10.0. The number of rotatable bonds is 48. The predicted molar refractivity (Wildman–Crippen MR) is 388 cm³/mol. The van der Waals surface area contributed by atoms with Crippen LogP contribution in [0.1, 0.15) is 320 Å². The number of fused-ring (bicyclic) bond motifs is 3. The molecule has 0 spiro atoms. The molecule has 0 aliphatic heterocycles. The Morgan fingerprint density at radius 2 is 0.511 bits per heavy atom. The predicted octanol–water partition coefficient (Wildman–Crippen LogP) is 23.8. The van der Waals surface area contributed by atoms with Crippen LogP contribution < -0.4 is 31.1 Å². The van der Waals surface area contributed by atoms with Crippen molar-refractivity contribution in [3.8, 4) is 17.2 Å². The first-order chi connectivity index (χ1) is 45.8. The van der Waals surface area contributed by atoms with Gasteiger partial charge in [0.1, 0.15) is 34.0 Å². The average molecular weight is 1300 g/mol. The highest BCUT2D eigenvalue weighted by Gasteiger charge is 2.12. The molecule has 6 aromatic rings. The standard InChI is InChI=1S/C28H42O4.C28H40O4.C26H38O4/c2*1-3-4-5-6-7-8-9-10-11-12-13-14-15-16-17-18-27(29)31-24-19-20-25-23(2)21-28(30)32-26(25)22-24;1-3-4-5-6-7-8-9-10-11-12-13-14-15-16-25(27)29-22-17-18-23-21(2)19-26(28)30-24(23)20-22/h19-22H,3-18H2,1-2H3;10-11,19-22H,3-9,12-18H2,1-2H3;17-20H,3-16H2,1-2H3/b;11-10-;. The number of hydrogen-bond acceptors (Lipinski definition) is 12. The summed E-state index contributed by atoms with van der Waals surface area (Å²) in [5.41, 5.74) is 2.72. The zero-order chi connectivity index (χ0) is 67.6. The van der Waals surface area contributed by atoms with E-state index in [0.29, 0.717) is 53.3 Å². The Labute approximate surface area is 564 Å². The van der Waals surface area contributed by atoms with Crippen molar-refractivity contribution in [1.82, 2.24) is 0 Å². The first-order valence-electron chi connectivity index (χ1n) is 37.2. The van der Waals surface area contributed by atoms with Crippen molar-refractivity contribution in [3.63, 3.8) is 0 Å². The summed E-state index contributed by atoms with van der Waals surface area (Å²) >= 11 is 0. The van der Waals surface area contributed by atoms with Crippen LogP contribution >= 0.6 is 0 Å². The Morgan fingerprint density at radius 1 is 0.298 bits per heavy atom. The van der Waals surface area contributed by atoms with Gasteiger partial charge < -0.3 is 27.5 Å². The summed E-state index contributed by atoms with van der Waals surface area (Å²) in [4.78, 5) is 70.8. The smallest absolute Gasteiger partial charge is 0.336 e. The number of carbonyl (C=O) groups excluding carboxylic acids is 3. The molecule has 0 saturated carbocycles. The van der Waals surface area contributed by atoms with Gasteiger partial charge in [-0.1, -0.05) is 251 Å². The summed E-state index contributed by atoms with van der Waals surface area (Å²) in [7, 11) is 0. The van der Waals surface area contributed by atoms with Crippen molar-refractivity contribution < 1.29 is 41.8 Å². The van der Waals surface area contributed by atoms with Crippen LogP contribution in [0.25, 0.3) is 32.9 Å². The van der Waals surface area contributed by atoms with Crippen LogP contribution in [0.4, 0.5) is 0 Å². The van der Waals surface area contributed by atoms with Gasteiger partial charge in [-0.25, -0.2) is 14.4 Å². The lowest BCUT2D eigenvalue weighted by molar-refractivity contribution is -0.135. The van der Waals surface area contributed by atoms with Crippen LogP contribution in [0.2, 0.25) is 0 Å². The Kier molecular flexibility index (Phi) is 43.2. The van der Waals surface area contributed by atoms with Crippen molar-refractivity contribution in [2.24, 2.45) is 0 Å². The van der Waals surface area contributed by atoms with Crippen molar-refractivity contribution in [2.45, 2.75) is 324 Å². The summed E-state index contributed by atoms with van der Waals surface area (Å²) in [6.45, 7) is 12.4. The fourth-order valence-corrected chi connectivity index (χ4v) is 11.9. The van der Waals surface area contributed by atoms with E-state index in [4.69, 9.17) is 27.5 Å². The second-order valence-electron chi connectivity index (χ2n) is 26.2. The van der Waals surface area contributed by atoms with Gasteiger partial charge in [0.2, 0.25) is 0 Å². The maximum Gasteiger partial charge on any atom is 0.336 e. The molecular weight excluding hydrogens is 1180 g/mol. The van der Waals surface area contributed by atoms with E-state index in [2.05, 4.69) is 32.9 Å². The number of hydrogen-bond donors (Lipinski definition) is 0. The molecule has 3 heterocycles. The largest absolute Gasteiger partial charge is 0.426 e. The molecule has 0 fully saturated rings. The maximum absolute atomic E-state index is 12.1. The number of unbranched alkanes of at least 4 members (excludes halogenated alkanes) is 37. The second-order valence-corrected chi connectivity index (χ2v) is 26.2. The summed E-state index contributed by atoms with van der Waals surface area (Å²) < 4.78 is 31.9. The molecule has 3 aromatic carbocycles. The van der Waals surface area contributed by atoms with E-state index in [1.807, 2.05) is 39.0 Å². The summed E-state index contributed by atoms with van der Waals surface area (Å²) in [6.07, 6.45) is 58.2. The molecule has 520 valence electrons. The normalized spacial score (nSPS) is 11.3. The van der Waals surface area contributed by atoms with Gasteiger partial charge in [0.25, 0.3) is 0 Å². The Bertz CT molecular complexity index is 3250. The van der Waals surface area contributed by atoms with Gasteiger partial charge in [-0.3, -0.25) is 14.4 Å². The van der Waals surface area contributed by atoms with Gasteiger partial charge in [-0.2, -0.15) is 0 Å². The molecule has 0 unspecified atom stereocenters. The van der Waals surface area contributed by atoms with Crippen molar-refractivity contribution in [2.75, 3.05) is 0 Å². The van der Waals surface area contributed by atoms with Gasteiger partial charge >= 0.3 is 34.8 Å². The van der Waals surface area contributed by atoms with Crippen molar-refractivity contribution in [1.29, 1.82) is 0 Å². The third kappa shape index (κ3) is 36.4. The minimum atomic E-state index is -0.397. The highest BCUT2D eigenvalue weighted by molar-refractivity contribution is 5.84. The van der Waals surface area contributed by atoms with Gasteiger partial charge in [-0.15, -0.1) is 0 Å². The topological polar surface area (TPSA) is 170 Å². The fourth-order valence-electron chi connectivity index (χ4n) is 11.9. The Hall–Kier alpha value is -6.56. The summed E-state index contributed by atoms with van der Waals surface area (Å²) in [6, 6.07) is 19.9. The van der Waals surface area contributed by atoms with Crippen LogP contribution in [0, 0.1) is 20.8 Å². The molecule has 0 bridgehead atoms. The zero-order valence-electron chi connectivity index (χ0n) is 59.1. The molecule has 0 aliphatic rings. The summed E-state index contributed by atoms with van der Waals surface area (Å²) in [5.74, 6) is 0.579. The molecule has 6 rings (SSSR count). The van der Waals surface area contributed by atoms with Crippen LogP contribution in [0.3, 0.4) is 0 Å². The van der Waals surface area contributed by atoms with Gasteiger partial charge in [0.15, 0.2) is 0 Å². The minimum absolute atomic E-state index is 0.228. The SMILES string of the molecule is CCCCCCCC/C=C\CCCCCCCC(=O)Oc1ccc2c(C)cc(=O)oc2c1.CCCCCCCCCCCCCCCC(=O)Oc1ccc2c(C)cc(=O)oc2c1.CCCCCCCCCCCCCCCCCC(=O)Oc1ccc2c(C)cc(=O)oc2c1. The number of aryl methyl sites for hydroxylation is 3. The first kappa shape index (κ1) is 79.9. The van der Waals surface area contributed by atoms with E-state index in [1.165, 1.54) is 230 Å². The van der Waals surface area contributed by atoms with Crippen molar-refractivity contribution in [3.05, 3.63) is 133 Å². The quantitative estimate of drug-likeness (QED) is 0.0117. The van der Waals surface area contributed by atoms with Gasteiger partial charge in [0, 0.05) is 71.8 Å². The monoisotopic (exact) mass is 1300 g/mol. The van der Waals surface area contributed by atoms with E-state index in [0.717, 1.165) is 84.2 Å².